The number of rotatable bonds is 3. The Labute approximate surface area is 104 Å². The van der Waals surface area contributed by atoms with Gasteiger partial charge in [-0.2, -0.15) is 4.39 Å². The van der Waals surface area contributed by atoms with Gasteiger partial charge in [0.05, 0.1) is 4.92 Å². The summed E-state index contributed by atoms with van der Waals surface area (Å²) >= 11 is 0. The molecule has 1 saturated carbocycles. The first kappa shape index (κ1) is 12.8. The molecule has 0 aliphatic heterocycles. The maximum Gasteiger partial charge on any atom is 0.306 e. The van der Waals surface area contributed by atoms with Crippen LogP contribution in [0.3, 0.4) is 0 Å². The van der Waals surface area contributed by atoms with Crippen LogP contribution >= 0.6 is 0 Å². The van der Waals surface area contributed by atoms with Crippen LogP contribution < -0.4 is 11.1 Å². The number of benzene rings is 1. The fourth-order valence-corrected chi connectivity index (χ4v) is 2.34. The van der Waals surface area contributed by atoms with Gasteiger partial charge in [0.25, 0.3) is 0 Å². The molecule has 0 radical (unpaired) electrons. The maximum atomic E-state index is 13.2. The van der Waals surface area contributed by atoms with Crippen molar-refractivity contribution in [3.05, 3.63) is 34.1 Å². The zero-order valence-electron chi connectivity index (χ0n) is 9.93. The molecular weight excluding hydrogens is 237 g/mol. The number of nitro groups is 1. The Balaban J connectivity index is 2.09. The van der Waals surface area contributed by atoms with Gasteiger partial charge in [-0.15, -0.1) is 0 Å². The monoisotopic (exact) mass is 253 g/mol. The van der Waals surface area contributed by atoms with E-state index in [-0.39, 0.29) is 12.1 Å². The van der Waals surface area contributed by atoms with Crippen molar-refractivity contribution in [3.63, 3.8) is 0 Å². The summed E-state index contributed by atoms with van der Waals surface area (Å²) in [4.78, 5) is 9.92. The molecule has 18 heavy (non-hydrogen) atoms. The average molecular weight is 253 g/mol. The zero-order chi connectivity index (χ0) is 13.1. The second-order valence-corrected chi connectivity index (χ2v) is 4.69. The Bertz CT molecular complexity index is 453. The molecule has 1 aliphatic carbocycles. The lowest BCUT2D eigenvalue weighted by Crippen LogP contribution is -2.34. The van der Waals surface area contributed by atoms with E-state index >= 15 is 0 Å². The number of nitrogens with two attached hydrogens (primary N) is 1. The largest absolute Gasteiger partial charge is 0.382 e. The molecule has 0 spiro atoms. The molecule has 3 N–H and O–H groups in total. The molecule has 0 aromatic heterocycles. The smallest absolute Gasteiger partial charge is 0.306 e. The van der Waals surface area contributed by atoms with Crippen LogP contribution in [0.4, 0.5) is 15.8 Å². The molecule has 0 amide bonds. The highest BCUT2D eigenvalue weighted by Gasteiger charge is 2.20. The van der Waals surface area contributed by atoms with Crippen LogP contribution in [0.2, 0.25) is 0 Å². The van der Waals surface area contributed by atoms with E-state index in [1.807, 2.05) is 0 Å². The SMILES string of the molecule is NC1CCCC(Nc2ccc(F)c([N+](=O)[O-])c2)C1. The minimum atomic E-state index is -0.814. The summed E-state index contributed by atoms with van der Waals surface area (Å²) in [5, 5.41) is 13.8. The van der Waals surface area contributed by atoms with E-state index in [4.69, 9.17) is 5.73 Å². The van der Waals surface area contributed by atoms with Crippen LogP contribution in [0.25, 0.3) is 0 Å². The lowest BCUT2D eigenvalue weighted by molar-refractivity contribution is -0.387. The topological polar surface area (TPSA) is 81.2 Å². The van der Waals surface area contributed by atoms with E-state index in [0.717, 1.165) is 31.7 Å². The first-order chi connectivity index (χ1) is 8.56. The van der Waals surface area contributed by atoms with Crippen LogP contribution in [-0.4, -0.2) is 17.0 Å². The lowest BCUT2D eigenvalue weighted by atomic mass is 9.91. The Morgan fingerprint density at radius 2 is 2.22 bits per heavy atom. The Kier molecular flexibility index (Phi) is 3.76. The van der Waals surface area contributed by atoms with Crippen molar-refractivity contribution in [3.8, 4) is 0 Å². The van der Waals surface area contributed by atoms with E-state index < -0.39 is 16.4 Å². The summed E-state index contributed by atoms with van der Waals surface area (Å²) in [6.07, 6.45) is 3.88. The molecule has 1 aromatic rings. The molecule has 2 rings (SSSR count). The highest BCUT2D eigenvalue weighted by atomic mass is 19.1. The van der Waals surface area contributed by atoms with Gasteiger partial charge in [0, 0.05) is 23.8 Å². The van der Waals surface area contributed by atoms with Gasteiger partial charge in [0.15, 0.2) is 0 Å². The third-order valence-corrected chi connectivity index (χ3v) is 3.23. The number of nitrogens with zero attached hydrogens (tertiary/aromatic N) is 1. The molecule has 2 atom stereocenters. The van der Waals surface area contributed by atoms with Gasteiger partial charge in [-0.1, -0.05) is 0 Å². The zero-order valence-corrected chi connectivity index (χ0v) is 9.93. The second-order valence-electron chi connectivity index (χ2n) is 4.69. The van der Waals surface area contributed by atoms with Gasteiger partial charge in [-0.3, -0.25) is 10.1 Å². The average Bonchev–Trinajstić information content (AvgIpc) is 2.31. The minimum absolute atomic E-state index is 0.173. The van der Waals surface area contributed by atoms with Crippen molar-refractivity contribution in [1.82, 2.24) is 0 Å². The third-order valence-electron chi connectivity index (χ3n) is 3.23. The fourth-order valence-electron chi connectivity index (χ4n) is 2.34. The molecule has 1 fully saturated rings. The first-order valence-electron chi connectivity index (χ1n) is 6.02. The molecule has 0 bridgehead atoms. The van der Waals surface area contributed by atoms with Crippen molar-refractivity contribution in [2.24, 2.45) is 5.73 Å². The van der Waals surface area contributed by atoms with E-state index in [2.05, 4.69) is 5.32 Å². The standard InChI is InChI=1S/C12H16FN3O2/c13-11-5-4-10(7-12(11)16(17)18)15-9-3-1-2-8(14)6-9/h4-5,7-9,15H,1-3,6,14H2. The van der Waals surface area contributed by atoms with Crippen LogP contribution in [0.5, 0.6) is 0 Å². The normalized spacial score (nSPS) is 23.7. The van der Waals surface area contributed by atoms with Gasteiger partial charge < -0.3 is 11.1 Å². The first-order valence-corrected chi connectivity index (χ1v) is 6.02. The molecule has 6 heteroatoms. The molecular formula is C12H16FN3O2. The van der Waals surface area contributed by atoms with Gasteiger partial charge in [0.2, 0.25) is 5.82 Å². The Morgan fingerprint density at radius 3 is 2.89 bits per heavy atom. The van der Waals surface area contributed by atoms with Gasteiger partial charge in [-0.05, 0) is 37.8 Å². The van der Waals surface area contributed by atoms with Crippen molar-refractivity contribution >= 4 is 11.4 Å². The number of halogens is 1. The van der Waals surface area contributed by atoms with Crippen LogP contribution in [0.1, 0.15) is 25.7 Å². The predicted octanol–water partition coefficient (Wildman–Crippen LogP) is 2.42. The number of anilines is 1. The number of nitrogens with one attached hydrogen (secondary N) is 1. The summed E-state index contributed by atoms with van der Waals surface area (Å²) in [5.41, 5.74) is 5.94. The van der Waals surface area contributed by atoms with Crippen LogP contribution in [0, 0.1) is 15.9 Å². The van der Waals surface area contributed by atoms with Crippen LogP contribution in [-0.2, 0) is 0 Å². The van der Waals surface area contributed by atoms with Gasteiger partial charge in [-0.25, -0.2) is 0 Å². The Hall–Kier alpha value is -1.69. The summed E-state index contributed by atoms with van der Waals surface area (Å²) in [6.45, 7) is 0. The molecule has 0 saturated heterocycles. The molecule has 98 valence electrons. The van der Waals surface area contributed by atoms with Crippen LogP contribution in [0.15, 0.2) is 18.2 Å². The van der Waals surface area contributed by atoms with E-state index in [1.165, 1.54) is 12.1 Å². The third kappa shape index (κ3) is 2.95. The van der Waals surface area contributed by atoms with Crippen molar-refractivity contribution in [2.75, 3.05) is 5.32 Å². The summed E-state index contributed by atoms with van der Waals surface area (Å²) in [7, 11) is 0. The molecule has 5 nitrogen and oxygen atoms in total. The maximum absolute atomic E-state index is 13.2. The van der Waals surface area contributed by atoms with Crippen molar-refractivity contribution in [2.45, 2.75) is 37.8 Å². The van der Waals surface area contributed by atoms with Crippen molar-refractivity contribution in [1.29, 1.82) is 0 Å². The minimum Gasteiger partial charge on any atom is -0.382 e. The number of hydrogen-bond acceptors (Lipinski definition) is 4. The summed E-state index contributed by atoms with van der Waals surface area (Å²) < 4.78 is 13.2. The predicted molar refractivity (Wildman–Crippen MR) is 66.9 cm³/mol. The van der Waals surface area contributed by atoms with E-state index in [0.29, 0.717) is 5.69 Å². The fraction of sp³-hybridized carbons (Fsp3) is 0.500. The number of hydrogen-bond donors (Lipinski definition) is 2. The number of nitro benzene ring substituents is 1. The highest BCUT2D eigenvalue weighted by molar-refractivity contribution is 5.52. The van der Waals surface area contributed by atoms with Crippen molar-refractivity contribution < 1.29 is 9.31 Å². The van der Waals surface area contributed by atoms with E-state index in [1.54, 1.807) is 0 Å². The lowest BCUT2D eigenvalue weighted by Gasteiger charge is -2.28. The van der Waals surface area contributed by atoms with Gasteiger partial charge in [0.1, 0.15) is 0 Å². The van der Waals surface area contributed by atoms with E-state index in [9.17, 15) is 14.5 Å². The summed E-state index contributed by atoms with van der Waals surface area (Å²) in [6, 6.07) is 4.24. The molecule has 2 unspecified atom stereocenters. The molecule has 0 heterocycles. The summed E-state index contributed by atoms with van der Waals surface area (Å²) in [5.74, 6) is -0.814. The molecule has 1 aromatic carbocycles. The molecule has 1 aliphatic rings. The Morgan fingerprint density at radius 1 is 1.44 bits per heavy atom. The quantitative estimate of drug-likeness (QED) is 0.640. The second kappa shape index (κ2) is 5.30. The highest BCUT2D eigenvalue weighted by Crippen LogP contribution is 2.25. The van der Waals surface area contributed by atoms with Gasteiger partial charge >= 0.3 is 5.69 Å².